The molecule has 0 saturated carbocycles. The molecular weight excluding hydrogens is 328 g/mol. The van der Waals surface area contributed by atoms with Gasteiger partial charge in [-0.25, -0.2) is 4.98 Å². The first-order chi connectivity index (χ1) is 9.74. The molecule has 0 bridgehead atoms. The zero-order valence-corrected chi connectivity index (χ0v) is 13.0. The molecule has 2 heterocycles. The molecule has 7 heteroatoms. The van der Waals surface area contributed by atoms with E-state index < -0.39 is 0 Å². The summed E-state index contributed by atoms with van der Waals surface area (Å²) in [4.78, 5) is 6.54. The third-order valence-electron chi connectivity index (χ3n) is 3.06. The van der Waals surface area contributed by atoms with Gasteiger partial charge in [0.05, 0.1) is 13.2 Å². The Labute approximate surface area is 126 Å². The molecule has 0 spiro atoms. The number of aliphatic hydroxyl groups is 1. The Morgan fingerprint density at radius 2 is 2.10 bits per heavy atom. The van der Waals surface area contributed by atoms with Crippen LogP contribution in [0.25, 0.3) is 0 Å². The Morgan fingerprint density at radius 3 is 2.75 bits per heavy atom. The summed E-state index contributed by atoms with van der Waals surface area (Å²) >= 11 is 3.37. The standard InChI is InChI=1S/C13H19BrN2O4/c1-18-9-20-11-8-16(7-10(11)19-6-5-17)13-4-2-3-12(14)15-13/h2-4,10-11,17H,5-9H2,1H3. The molecule has 1 aliphatic heterocycles. The Balaban J connectivity index is 2.02. The lowest BCUT2D eigenvalue weighted by molar-refractivity contribution is -0.112. The quantitative estimate of drug-likeness (QED) is 0.587. The van der Waals surface area contributed by atoms with Crippen molar-refractivity contribution in [2.24, 2.45) is 0 Å². The lowest BCUT2D eigenvalue weighted by Crippen LogP contribution is -2.31. The molecule has 0 aliphatic carbocycles. The van der Waals surface area contributed by atoms with E-state index in [4.69, 9.17) is 19.3 Å². The van der Waals surface area contributed by atoms with Crippen LogP contribution in [0.3, 0.4) is 0 Å². The van der Waals surface area contributed by atoms with E-state index in [1.54, 1.807) is 7.11 Å². The molecule has 1 aromatic rings. The van der Waals surface area contributed by atoms with Gasteiger partial charge in [0.15, 0.2) is 0 Å². The average molecular weight is 347 g/mol. The smallest absolute Gasteiger partial charge is 0.146 e. The molecule has 1 saturated heterocycles. The fourth-order valence-electron chi connectivity index (χ4n) is 2.18. The van der Waals surface area contributed by atoms with E-state index in [2.05, 4.69) is 25.8 Å². The summed E-state index contributed by atoms with van der Waals surface area (Å²) < 4.78 is 17.0. The maximum Gasteiger partial charge on any atom is 0.146 e. The zero-order chi connectivity index (χ0) is 14.4. The number of hydrogen-bond donors (Lipinski definition) is 1. The first-order valence-corrected chi connectivity index (χ1v) is 7.24. The van der Waals surface area contributed by atoms with Crippen LogP contribution < -0.4 is 4.90 Å². The topological polar surface area (TPSA) is 64.1 Å². The maximum atomic E-state index is 8.89. The lowest BCUT2D eigenvalue weighted by Gasteiger charge is -2.18. The highest BCUT2D eigenvalue weighted by atomic mass is 79.9. The van der Waals surface area contributed by atoms with Gasteiger partial charge in [-0.3, -0.25) is 0 Å². The number of ether oxygens (including phenoxy) is 3. The van der Waals surface area contributed by atoms with Gasteiger partial charge >= 0.3 is 0 Å². The summed E-state index contributed by atoms with van der Waals surface area (Å²) in [5, 5.41) is 8.89. The molecule has 1 aliphatic rings. The summed E-state index contributed by atoms with van der Waals surface area (Å²) in [6.07, 6.45) is -0.194. The molecule has 0 aromatic carbocycles. The van der Waals surface area contributed by atoms with Crippen LogP contribution in [0.1, 0.15) is 0 Å². The van der Waals surface area contributed by atoms with E-state index in [-0.39, 0.29) is 25.6 Å². The van der Waals surface area contributed by atoms with E-state index in [1.165, 1.54) is 0 Å². The highest BCUT2D eigenvalue weighted by Crippen LogP contribution is 2.23. The molecule has 1 aromatic heterocycles. The van der Waals surface area contributed by atoms with Crippen LogP contribution in [0.2, 0.25) is 0 Å². The number of aliphatic hydroxyl groups excluding tert-OH is 1. The number of nitrogens with zero attached hydrogens (tertiary/aromatic N) is 2. The van der Waals surface area contributed by atoms with Gasteiger partial charge in [0.25, 0.3) is 0 Å². The first kappa shape index (κ1) is 15.7. The van der Waals surface area contributed by atoms with E-state index in [9.17, 15) is 0 Å². The van der Waals surface area contributed by atoms with Crippen LogP contribution in [0.4, 0.5) is 5.82 Å². The Kier molecular flexibility index (Phi) is 6.18. The van der Waals surface area contributed by atoms with Gasteiger partial charge in [-0.15, -0.1) is 0 Å². The van der Waals surface area contributed by atoms with Crippen molar-refractivity contribution < 1.29 is 19.3 Å². The van der Waals surface area contributed by atoms with Gasteiger partial charge < -0.3 is 24.2 Å². The third-order valence-corrected chi connectivity index (χ3v) is 3.50. The minimum Gasteiger partial charge on any atom is -0.394 e. The summed E-state index contributed by atoms with van der Waals surface area (Å²) in [5.74, 6) is 0.875. The second kappa shape index (κ2) is 7.90. The SMILES string of the molecule is COCOC1CN(c2cccc(Br)n2)CC1OCCO. The molecular formula is C13H19BrN2O4. The fraction of sp³-hybridized carbons (Fsp3) is 0.615. The zero-order valence-electron chi connectivity index (χ0n) is 11.4. The molecule has 2 unspecified atom stereocenters. The predicted octanol–water partition coefficient (Wildman–Crippen LogP) is 1.03. The largest absolute Gasteiger partial charge is 0.394 e. The number of rotatable bonds is 7. The van der Waals surface area contributed by atoms with Crippen LogP contribution in [0.5, 0.6) is 0 Å². The van der Waals surface area contributed by atoms with Crippen molar-refractivity contribution in [3.8, 4) is 0 Å². The van der Waals surface area contributed by atoms with Crippen LogP contribution in [-0.4, -0.2) is 62.5 Å². The molecule has 2 rings (SSSR count). The van der Waals surface area contributed by atoms with Crippen molar-refractivity contribution >= 4 is 21.7 Å². The summed E-state index contributed by atoms with van der Waals surface area (Å²) in [6.45, 7) is 1.89. The molecule has 0 radical (unpaired) electrons. The van der Waals surface area contributed by atoms with E-state index in [0.717, 1.165) is 10.4 Å². The fourth-order valence-corrected chi connectivity index (χ4v) is 2.52. The number of hydrogen-bond acceptors (Lipinski definition) is 6. The highest BCUT2D eigenvalue weighted by Gasteiger charge is 2.35. The number of methoxy groups -OCH3 is 1. The lowest BCUT2D eigenvalue weighted by atomic mass is 10.2. The van der Waals surface area contributed by atoms with Crippen molar-refractivity contribution in [1.29, 1.82) is 0 Å². The van der Waals surface area contributed by atoms with Gasteiger partial charge in [-0.05, 0) is 28.1 Å². The van der Waals surface area contributed by atoms with Gasteiger partial charge in [-0.2, -0.15) is 0 Å². The molecule has 20 heavy (non-hydrogen) atoms. The number of anilines is 1. The van der Waals surface area contributed by atoms with Crippen LogP contribution in [0, 0.1) is 0 Å². The van der Waals surface area contributed by atoms with Crippen molar-refractivity contribution in [1.82, 2.24) is 4.98 Å². The summed E-state index contributed by atoms with van der Waals surface area (Å²) in [5.41, 5.74) is 0. The molecule has 1 fully saturated rings. The summed E-state index contributed by atoms with van der Waals surface area (Å²) in [6, 6.07) is 5.78. The number of pyridine rings is 1. The Hall–Kier alpha value is -0.730. The molecule has 6 nitrogen and oxygen atoms in total. The Bertz CT molecular complexity index is 405. The van der Waals surface area contributed by atoms with Crippen LogP contribution in [-0.2, 0) is 14.2 Å². The van der Waals surface area contributed by atoms with E-state index >= 15 is 0 Å². The average Bonchev–Trinajstić information content (AvgIpc) is 2.86. The van der Waals surface area contributed by atoms with Gasteiger partial charge in [0, 0.05) is 20.2 Å². The predicted molar refractivity (Wildman–Crippen MR) is 77.7 cm³/mol. The second-order valence-corrected chi connectivity index (χ2v) is 5.28. The Morgan fingerprint density at radius 1 is 1.35 bits per heavy atom. The van der Waals surface area contributed by atoms with Crippen molar-refractivity contribution in [2.75, 3.05) is 45.1 Å². The van der Waals surface area contributed by atoms with Gasteiger partial charge in [0.1, 0.15) is 29.4 Å². The monoisotopic (exact) mass is 346 g/mol. The van der Waals surface area contributed by atoms with E-state index in [1.807, 2.05) is 18.2 Å². The maximum absolute atomic E-state index is 8.89. The second-order valence-electron chi connectivity index (χ2n) is 4.47. The molecule has 112 valence electrons. The van der Waals surface area contributed by atoms with Gasteiger partial charge in [-0.1, -0.05) is 6.07 Å². The minimum absolute atomic E-state index is 0.00261. The number of aromatic nitrogens is 1. The summed E-state index contributed by atoms with van der Waals surface area (Å²) in [7, 11) is 1.59. The van der Waals surface area contributed by atoms with Crippen molar-refractivity contribution in [2.45, 2.75) is 12.2 Å². The molecule has 1 N–H and O–H groups in total. The first-order valence-electron chi connectivity index (χ1n) is 6.45. The van der Waals surface area contributed by atoms with Crippen molar-refractivity contribution in [3.05, 3.63) is 22.8 Å². The van der Waals surface area contributed by atoms with Gasteiger partial charge in [0.2, 0.25) is 0 Å². The van der Waals surface area contributed by atoms with Crippen molar-refractivity contribution in [3.63, 3.8) is 0 Å². The highest BCUT2D eigenvalue weighted by molar-refractivity contribution is 9.10. The normalized spacial score (nSPS) is 22.4. The minimum atomic E-state index is -0.0990. The molecule has 0 amide bonds. The third kappa shape index (κ3) is 4.13. The molecule has 2 atom stereocenters. The van der Waals surface area contributed by atoms with Crippen LogP contribution in [0.15, 0.2) is 22.8 Å². The number of halogens is 1. The van der Waals surface area contributed by atoms with E-state index in [0.29, 0.717) is 19.7 Å². The van der Waals surface area contributed by atoms with Crippen LogP contribution >= 0.6 is 15.9 Å².